The average molecular weight is 167 g/mol. The largest absolute Gasteiger partial charge is 0.347 e. The lowest BCUT2D eigenvalue weighted by molar-refractivity contribution is 0.393. The molecule has 1 rings (SSSR count). The van der Waals surface area contributed by atoms with Gasteiger partial charge < -0.3 is 10.7 Å². The SMILES string of the molecule is CCC(CC)C(N)c1ncc[nH]1. The smallest absolute Gasteiger partial charge is 0.123 e. The molecule has 0 spiro atoms. The number of H-pyrrole nitrogens is 1. The van der Waals surface area contributed by atoms with Crippen molar-refractivity contribution in [2.75, 3.05) is 0 Å². The van der Waals surface area contributed by atoms with Gasteiger partial charge >= 0.3 is 0 Å². The van der Waals surface area contributed by atoms with E-state index in [1.54, 1.807) is 6.20 Å². The number of hydrogen-bond donors (Lipinski definition) is 2. The van der Waals surface area contributed by atoms with E-state index in [-0.39, 0.29) is 6.04 Å². The van der Waals surface area contributed by atoms with Gasteiger partial charge in [-0.05, 0) is 5.92 Å². The predicted octanol–water partition coefficient (Wildman–Crippen LogP) is 1.85. The number of imidazole rings is 1. The summed E-state index contributed by atoms with van der Waals surface area (Å²) in [5, 5.41) is 0. The van der Waals surface area contributed by atoms with Crippen LogP contribution >= 0.6 is 0 Å². The van der Waals surface area contributed by atoms with E-state index in [4.69, 9.17) is 5.73 Å². The highest BCUT2D eigenvalue weighted by Gasteiger charge is 2.17. The maximum absolute atomic E-state index is 6.01. The van der Waals surface area contributed by atoms with Crippen LogP contribution in [0, 0.1) is 5.92 Å². The Hall–Kier alpha value is -0.830. The predicted molar refractivity (Wildman–Crippen MR) is 49.6 cm³/mol. The molecule has 0 bridgehead atoms. The van der Waals surface area contributed by atoms with E-state index in [1.165, 1.54) is 0 Å². The highest BCUT2D eigenvalue weighted by molar-refractivity contribution is 4.96. The summed E-state index contributed by atoms with van der Waals surface area (Å²) in [5.41, 5.74) is 6.01. The molecule has 68 valence electrons. The molecular formula is C9H17N3. The van der Waals surface area contributed by atoms with E-state index in [0.717, 1.165) is 18.7 Å². The average Bonchev–Trinajstić information content (AvgIpc) is 2.58. The molecule has 3 nitrogen and oxygen atoms in total. The summed E-state index contributed by atoms with van der Waals surface area (Å²) < 4.78 is 0. The van der Waals surface area contributed by atoms with Gasteiger partial charge in [-0.25, -0.2) is 4.98 Å². The molecule has 0 aliphatic carbocycles. The fourth-order valence-corrected chi connectivity index (χ4v) is 1.48. The van der Waals surface area contributed by atoms with Crippen LogP contribution in [0.4, 0.5) is 0 Å². The Morgan fingerprint density at radius 3 is 2.58 bits per heavy atom. The van der Waals surface area contributed by atoms with E-state index in [2.05, 4.69) is 23.8 Å². The second-order valence-electron chi connectivity index (χ2n) is 3.08. The molecule has 1 heterocycles. The first kappa shape index (κ1) is 9.26. The van der Waals surface area contributed by atoms with Crippen LogP contribution < -0.4 is 5.73 Å². The second kappa shape index (κ2) is 4.26. The van der Waals surface area contributed by atoms with Crippen LogP contribution in [0.3, 0.4) is 0 Å². The molecule has 0 radical (unpaired) electrons. The molecule has 1 atom stereocenters. The Morgan fingerprint density at radius 2 is 2.17 bits per heavy atom. The number of nitrogens with two attached hydrogens (primary N) is 1. The van der Waals surface area contributed by atoms with Crippen molar-refractivity contribution >= 4 is 0 Å². The van der Waals surface area contributed by atoms with Gasteiger partial charge in [-0.15, -0.1) is 0 Å². The monoisotopic (exact) mass is 167 g/mol. The lowest BCUT2D eigenvalue weighted by Crippen LogP contribution is -2.21. The first-order chi connectivity index (χ1) is 5.79. The summed E-state index contributed by atoms with van der Waals surface area (Å²) >= 11 is 0. The molecule has 3 N–H and O–H groups in total. The normalized spacial score (nSPS) is 13.7. The van der Waals surface area contributed by atoms with E-state index >= 15 is 0 Å². The number of nitrogens with zero attached hydrogens (tertiary/aromatic N) is 1. The van der Waals surface area contributed by atoms with Crippen LogP contribution in [0.1, 0.15) is 38.6 Å². The molecule has 12 heavy (non-hydrogen) atoms. The Bertz CT molecular complexity index is 202. The Morgan fingerprint density at radius 1 is 1.50 bits per heavy atom. The van der Waals surface area contributed by atoms with Crippen molar-refractivity contribution in [3.05, 3.63) is 18.2 Å². The summed E-state index contributed by atoms with van der Waals surface area (Å²) in [6.45, 7) is 4.33. The van der Waals surface area contributed by atoms with Gasteiger partial charge in [0, 0.05) is 12.4 Å². The first-order valence-corrected chi connectivity index (χ1v) is 4.54. The summed E-state index contributed by atoms with van der Waals surface area (Å²) in [5.74, 6) is 1.44. The van der Waals surface area contributed by atoms with Crippen LogP contribution in [-0.2, 0) is 0 Å². The van der Waals surface area contributed by atoms with E-state index < -0.39 is 0 Å². The molecule has 0 amide bonds. The van der Waals surface area contributed by atoms with Gasteiger partial charge in [-0.3, -0.25) is 0 Å². The van der Waals surface area contributed by atoms with Crippen molar-refractivity contribution in [1.29, 1.82) is 0 Å². The molecule has 3 heteroatoms. The van der Waals surface area contributed by atoms with Crippen LogP contribution in [0.15, 0.2) is 12.4 Å². The standard InChI is InChI=1S/C9H17N3/c1-3-7(4-2)8(10)9-11-5-6-12-9/h5-8H,3-4,10H2,1-2H3,(H,11,12). The fourth-order valence-electron chi connectivity index (χ4n) is 1.48. The summed E-state index contributed by atoms with van der Waals surface area (Å²) in [7, 11) is 0. The zero-order valence-corrected chi connectivity index (χ0v) is 7.75. The molecule has 0 aromatic carbocycles. The van der Waals surface area contributed by atoms with Crippen molar-refractivity contribution in [2.45, 2.75) is 32.7 Å². The quantitative estimate of drug-likeness (QED) is 0.719. The fraction of sp³-hybridized carbons (Fsp3) is 0.667. The van der Waals surface area contributed by atoms with Crippen LogP contribution in [0.5, 0.6) is 0 Å². The molecule has 0 saturated carbocycles. The third-order valence-corrected chi connectivity index (χ3v) is 2.39. The third kappa shape index (κ3) is 1.85. The van der Waals surface area contributed by atoms with Crippen LogP contribution in [0.25, 0.3) is 0 Å². The highest BCUT2D eigenvalue weighted by Crippen LogP contribution is 2.21. The highest BCUT2D eigenvalue weighted by atomic mass is 14.9. The lowest BCUT2D eigenvalue weighted by atomic mass is 9.94. The maximum atomic E-state index is 6.01. The minimum Gasteiger partial charge on any atom is -0.347 e. The zero-order valence-electron chi connectivity index (χ0n) is 7.75. The molecule has 0 aliphatic heterocycles. The van der Waals surface area contributed by atoms with Crippen LogP contribution in [-0.4, -0.2) is 9.97 Å². The number of rotatable bonds is 4. The molecular weight excluding hydrogens is 150 g/mol. The second-order valence-corrected chi connectivity index (χ2v) is 3.08. The van der Waals surface area contributed by atoms with Gasteiger partial charge in [0.05, 0.1) is 6.04 Å². The minimum absolute atomic E-state index is 0.0648. The van der Waals surface area contributed by atoms with Crippen molar-refractivity contribution in [3.8, 4) is 0 Å². The Balaban J connectivity index is 2.63. The van der Waals surface area contributed by atoms with Crippen molar-refractivity contribution in [2.24, 2.45) is 11.7 Å². The van der Waals surface area contributed by atoms with Gasteiger partial charge in [0.2, 0.25) is 0 Å². The lowest BCUT2D eigenvalue weighted by Gasteiger charge is -2.18. The van der Waals surface area contributed by atoms with Gasteiger partial charge in [0.25, 0.3) is 0 Å². The molecule has 1 aromatic rings. The number of hydrogen-bond acceptors (Lipinski definition) is 2. The number of aromatic nitrogens is 2. The van der Waals surface area contributed by atoms with E-state index in [1.807, 2.05) is 6.20 Å². The molecule has 1 aromatic heterocycles. The Labute approximate surface area is 73.4 Å². The van der Waals surface area contributed by atoms with Crippen molar-refractivity contribution in [1.82, 2.24) is 9.97 Å². The molecule has 0 fully saturated rings. The van der Waals surface area contributed by atoms with Gasteiger partial charge in [0.1, 0.15) is 5.82 Å². The summed E-state index contributed by atoms with van der Waals surface area (Å²) in [6.07, 6.45) is 5.78. The van der Waals surface area contributed by atoms with Gasteiger partial charge in [-0.1, -0.05) is 26.7 Å². The summed E-state index contributed by atoms with van der Waals surface area (Å²) in [6, 6.07) is 0.0648. The summed E-state index contributed by atoms with van der Waals surface area (Å²) in [4.78, 5) is 7.20. The minimum atomic E-state index is 0.0648. The van der Waals surface area contributed by atoms with E-state index in [9.17, 15) is 0 Å². The number of aromatic amines is 1. The van der Waals surface area contributed by atoms with Gasteiger partial charge in [-0.2, -0.15) is 0 Å². The van der Waals surface area contributed by atoms with Crippen molar-refractivity contribution in [3.63, 3.8) is 0 Å². The third-order valence-electron chi connectivity index (χ3n) is 2.39. The Kier molecular flexibility index (Phi) is 3.29. The topological polar surface area (TPSA) is 54.7 Å². The molecule has 0 saturated heterocycles. The zero-order chi connectivity index (χ0) is 8.97. The van der Waals surface area contributed by atoms with Crippen molar-refractivity contribution < 1.29 is 0 Å². The molecule has 1 unspecified atom stereocenters. The molecule has 0 aliphatic rings. The van der Waals surface area contributed by atoms with Gasteiger partial charge in [0.15, 0.2) is 0 Å². The first-order valence-electron chi connectivity index (χ1n) is 4.54. The van der Waals surface area contributed by atoms with Crippen LogP contribution in [0.2, 0.25) is 0 Å². The number of nitrogens with one attached hydrogen (secondary N) is 1. The maximum Gasteiger partial charge on any atom is 0.123 e. The van der Waals surface area contributed by atoms with E-state index in [0.29, 0.717) is 5.92 Å².